The van der Waals surface area contributed by atoms with Crippen LogP contribution in [0.15, 0.2) is 43.0 Å². The van der Waals surface area contributed by atoms with Crippen LogP contribution >= 0.6 is 0 Å². The van der Waals surface area contributed by atoms with Gasteiger partial charge in [-0.2, -0.15) is 13.2 Å². The number of alkyl halides is 3. The Morgan fingerprint density at radius 1 is 1.39 bits per heavy atom. The first-order valence-electron chi connectivity index (χ1n) is 5.06. The molecular formula is C13H11F3O2. The van der Waals surface area contributed by atoms with Crippen LogP contribution in [0.25, 0.3) is 6.08 Å². The minimum Gasteiger partial charge on any atom is -0.458 e. The summed E-state index contributed by atoms with van der Waals surface area (Å²) in [6.07, 6.45) is -0.664. The second-order valence-corrected chi connectivity index (χ2v) is 3.38. The lowest BCUT2D eigenvalue weighted by molar-refractivity contribution is -0.138. The van der Waals surface area contributed by atoms with E-state index in [4.69, 9.17) is 0 Å². The second-order valence-electron chi connectivity index (χ2n) is 3.38. The first-order chi connectivity index (χ1) is 8.43. The van der Waals surface area contributed by atoms with Crippen LogP contribution in [0, 0.1) is 0 Å². The Bertz CT molecular complexity index is 462. The van der Waals surface area contributed by atoms with E-state index in [-0.39, 0.29) is 12.2 Å². The van der Waals surface area contributed by atoms with Crippen molar-refractivity contribution in [2.24, 2.45) is 0 Å². The molecule has 0 atom stereocenters. The van der Waals surface area contributed by atoms with E-state index in [0.29, 0.717) is 0 Å². The molecular weight excluding hydrogens is 245 g/mol. The number of carbonyl (C=O) groups excluding carboxylic acids is 1. The van der Waals surface area contributed by atoms with Gasteiger partial charge >= 0.3 is 12.1 Å². The standard InChI is InChI=1S/C13H11F3O2/c1-2-8-18-12(17)7-6-10-4-3-5-11(9-10)13(14,15)16/h2-7,9H,1,8H2/b7-6+. The van der Waals surface area contributed by atoms with Crippen molar-refractivity contribution in [1.82, 2.24) is 0 Å². The molecule has 0 amide bonds. The average Bonchev–Trinajstić information content (AvgIpc) is 2.33. The molecule has 0 aromatic heterocycles. The summed E-state index contributed by atoms with van der Waals surface area (Å²) >= 11 is 0. The third-order valence-corrected chi connectivity index (χ3v) is 1.97. The van der Waals surface area contributed by atoms with Crippen molar-refractivity contribution in [3.05, 3.63) is 54.1 Å². The predicted octanol–water partition coefficient (Wildman–Crippen LogP) is 3.45. The van der Waals surface area contributed by atoms with E-state index in [1.807, 2.05) is 0 Å². The molecule has 0 N–H and O–H groups in total. The Kier molecular flexibility index (Phi) is 4.71. The molecule has 0 aliphatic carbocycles. The summed E-state index contributed by atoms with van der Waals surface area (Å²) in [5.41, 5.74) is -0.482. The van der Waals surface area contributed by atoms with E-state index in [9.17, 15) is 18.0 Å². The van der Waals surface area contributed by atoms with Crippen molar-refractivity contribution in [3.8, 4) is 0 Å². The van der Waals surface area contributed by atoms with Crippen molar-refractivity contribution < 1.29 is 22.7 Å². The van der Waals surface area contributed by atoms with E-state index in [1.165, 1.54) is 24.3 Å². The maximum Gasteiger partial charge on any atom is 0.416 e. The van der Waals surface area contributed by atoms with Crippen LogP contribution in [0.1, 0.15) is 11.1 Å². The van der Waals surface area contributed by atoms with Crippen LogP contribution in [0.5, 0.6) is 0 Å². The Morgan fingerprint density at radius 3 is 2.72 bits per heavy atom. The van der Waals surface area contributed by atoms with Crippen LogP contribution in [0.3, 0.4) is 0 Å². The van der Waals surface area contributed by atoms with Gasteiger partial charge in [-0.25, -0.2) is 4.79 Å². The fourth-order valence-corrected chi connectivity index (χ4v) is 1.17. The number of hydrogen-bond acceptors (Lipinski definition) is 2. The van der Waals surface area contributed by atoms with Gasteiger partial charge in [0.25, 0.3) is 0 Å². The van der Waals surface area contributed by atoms with Crippen molar-refractivity contribution in [3.63, 3.8) is 0 Å². The number of hydrogen-bond donors (Lipinski definition) is 0. The summed E-state index contributed by atoms with van der Waals surface area (Å²) in [4.78, 5) is 11.1. The number of benzene rings is 1. The number of ether oxygens (including phenoxy) is 1. The lowest BCUT2D eigenvalue weighted by atomic mass is 10.1. The number of esters is 1. The Labute approximate surface area is 102 Å². The van der Waals surface area contributed by atoms with E-state index in [0.717, 1.165) is 18.2 Å². The van der Waals surface area contributed by atoms with E-state index >= 15 is 0 Å². The van der Waals surface area contributed by atoms with E-state index in [1.54, 1.807) is 0 Å². The van der Waals surface area contributed by atoms with Crippen LogP contribution < -0.4 is 0 Å². The minimum atomic E-state index is -4.40. The summed E-state index contributed by atoms with van der Waals surface area (Å²) in [5, 5.41) is 0. The summed E-state index contributed by atoms with van der Waals surface area (Å²) < 4.78 is 41.9. The summed E-state index contributed by atoms with van der Waals surface area (Å²) in [7, 11) is 0. The van der Waals surface area contributed by atoms with Gasteiger partial charge in [-0.1, -0.05) is 24.8 Å². The Hall–Kier alpha value is -2.04. The summed E-state index contributed by atoms with van der Waals surface area (Å²) in [6, 6.07) is 4.66. The average molecular weight is 256 g/mol. The molecule has 0 saturated heterocycles. The van der Waals surface area contributed by atoms with Gasteiger partial charge in [0.05, 0.1) is 5.56 Å². The number of carbonyl (C=O) groups is 1. The van der Waals surface area contributed by atoms with Crippen LogP contribution in [-0.4, -0.2) is 12.6 Å². The maximum absolute atomic E-state index is 12.4. The quantitative estimate of drug-likeness (QED) is 0.468. The fourth-order valence-electron chi connectivity index (χ4n) is 1.17. The molecule has 0 saturated carbocycles. The number of halogens is 3. The van der Waals surface area contributed by atoms with Gasteiger partial charge in [0, 0.05) is 6.08 Å². The zero-order valence-electron chi connectivity index (χ0n) is 9.41. The van der Waals surface area contributed by atoms with Crippen LogP contribution in [0.2, 0.25) is 0 Å². The summed E-state index contributed by atoms with van der Waals surface area (Å²) in [6.45, 7) is 3.42. The highest BCUT2D eigenvalue weighted by Crippen LogP contribution is 2.29. The van der Waals surface area contributed by atoms with Gasteiger partial charge in [-0.3, -0.25) is 0 Å². The molecule has 1 rings (SSSR count). The highest BCUT2D eigenvalue weighted by atomic mass is 19.4. The molecule has 0 heterocycles. The molecule has 0 spiro atoms. The molecule has 0 bridgehead atoms. The molecule has 1 aromatic carbocycles. The molecule has 5 heteroatoms. The topological polar surface area (TPSA) is 26.3 Å². The first-order valence-corrected chi connectivity index (χ1v) is 5.06. The van der Waals surface area contributed by atoms with Crippen molar-refractivity contribution in [2.75, 3.05) is 6.61 Å². The SMILES string of the molecule is C=CCOC(=O)/C=C/c1cccc(C(F)(F)F)c1. The minimum absolute atomic E-state index is 0.0613. The second kappa shape index (κ2) is 6.05. The van der Waals surface area contributed by atoms with Gasteiger partial charge < -0.3 is 4.74 Å². The third-order valence-electron chi connectivity index (χ3n) is 1.97. The normalized spacial score (nSPS) is 11.5. The lowest BCUT2D eigenvalue weighted by Crippen LogP contribution is -2.04. The molecule has 96 valence electrons. The fraction of sp³-hybridized carbons (Fsp3) is 0.154. The molecule has 0 radical (unpaired) electrons. The molecule has 2 nitrogen and oxygen atoms in total. The number of rotatable bonds is 4. The molecule has 0 fully saturated rings. The van der Waals surface area contributed by atoms with Crippen molar-refractivity contribution in [1.29, 1.82) is 0 Å². The zero-order chi connectivity index (χ0) is 13.6. The Morgan fingerprint density at radius 2 is 2.11 bits per heavy atom. The van der Waals surface area contributed by atoms with E-state index < -0.39 is 17.7 Å². The van der Waals surface area contributed by atoms with E-state index in [2.05, 4.69) is 11.3 Å². The molecule has 0 unspecified atom stereocenters. The van der Waals surface area contributed by atoms with Crippen molar-refractivity contribution in [2.45, 2.75) is 6.18 Å². The molecule has 0 aliphatic heterocycles. The van der Waals surface area contributed by atoms with Gasteiger partial charge in [0.1, 0.15) is 6.61 Å². The lowest BCUT2D eigenvalue weighted by Gasteiger charge is -2.06. The highest BCUT2D eigenvalue weighted by Gasteiger charge is 2.30. The van der Waals surface area contributed by atoms with Gasteiger partial charge in [0.15, 0.2) is 0 Å². The monoisotopic (exact) mass is 256 g/mol. The third kappa shape index (κ3) is 4.45. The molecule has 1 aromatic rings. The molecule has 18 heavy (non-hydrogen) atoms. The smallest absolute Gasteiger partial charge is 0.416 e. The largest absolute Gasteiger partial charge is 0.458 e. The van der Waals surface area contributed by atoms with Crippen molar-refractivity contribution >= 4 is 12.0 Å². The van der Waals surface area contributed by atoms with Gasteiger partial charge in [-0.15, -0.1) is 0 Å². The van der Waals surface area contributed by atoms with Crippen LogP contribution in [0.4, 0.5) is 13.2 Å². The highest BCUT2D eigenvalue weighted by molar-refractivity contribution is 5.87. The first kappa shape index (κ1) is 14.0. The Balaban J connectivity index is 2.76. The predicted molar refractivity (Wildman–Crippen MR) is 61.6 cm³/mol. The summed E-state index contributed by atoms with van der Waals surface area (Å²) in [5.74, 6) is -0.632. The molecule has 0 aliphatic rings. The van der Waals surface area contributed by atoms with Gasteiger partial charge in [0.2, 0.25) is 0 Å². The maximum atomic E-state index is 12.4. The van der Waals surface area contributed by atoms with Crippen LogP contribution in [-0.2, 0) is 15.7 Å². The zero-order valence-corrected chi connectivity index (χ0v) is 9.41. The van der Waals surface area contributed by atoms with Gasteiger partial charge in [-0.05, 0) is 23.8 Å².